The van der Waals surface area contributed by atoms with Crippen molar-refractivity contribution in [2.75, 3.05) is 18.6 Å². The monoisotopic (exact) mass is 756 g/mol. The van der Waals surface area contributed by atoms with Crippen LogP contribution in [0.25, 0.3) is 0 Å². The van der Waals surface area contributed by atoms with Crippen molar-refractivity contribution in [1.82, 2.24) is 15.0 Å². The van der Waals surface area contributed by atoms with E-state index in [0.717, 1.165) is 31.8 Å². The third-order valence-corrected chi connectivity index (χ3v) is 15.0. The first-order chi connectivity index (χ1) is 21.6. The van der Waals surface area contributed by atoms with E-state index in [1.54, 1.807) is 7.11 Å². The van der Waals surface area contributed by atoms with Gasteiger partial charge in [0.15, 0.2) is 5.60 Å². The molecule has 236 valence electrons. The summed E-state index contributed by atoms with van der Waals surface area (Å²) in [5, 5.41) is 19.7. The summed E-state index contributed by atoms with van der Waals surface area (Å²) in [4.78, 5) is 16.8. The van der Waals surface area contributed by atoms with Gasteiger partial charge in [0, 0.05) is 45.8 Å². The van der Waals surface area contributed by atoms with Gasteiger partial charge in [-0.15, -0.1) is 5.10 Å². The maximum Gasteiger partial charge on any atom is 0.264 e. The minimum atomic E-state index is -2.28. The molecule has 1 amide bonds. The Balaban J connectivity index is 1.41. The number of aryl methyl sites for hydroxylation is 1. The van der Waals surface area contributed by atoms with Crippen LogP contribution < -0.4 is 14.8 Å². The van der Waals surface area contributed by atoms with Gasteiger partial charge in [-0.05, 0) is 82.6 Å². The van der Waals surface area contributed by atoms with Gasteiger partial charge in [-0.1, -0.05) is 66.3 Å². The molecule has 1 aromatic heterocycles. The zero-order valence-corrected chi connectivity index (χ0v) is 29.8. The van der Waals surface area contributed by atoms with Crippen LogP contribution in [0.4, 0.5) is 5.69 Å². The molecular weight excluding hydrogens is 719 g/mol. The fourth-order valence-corrected chi connectivity index (χ4v) is 12.0. The number of nitrogens with zero attached hydrogens (tertiary/aromatic N) is 4. The molecule has 11 heteroatoms. The number of ether oxygens (including phenoxy) is 2. The predicted octanol–water partition coefficient (Wildman–Crippen LogP) is 5.93. The fourth-order valence-electron chi connectivity index (χ4n) is 7.42. The summed E-state index contributed by atoms with van der Waals surface area (Å²) in [6, 6.07) is 22.4. The smallest absolute Gasteiger partial charge is 0.264 e. The molecule has 1 spiro atoms. The van der Waals surface area contributed by atoms with E-state index in [9.17, 15) is 9.90 Å². The Morgan fingerprint density at radius 2 is 1.84 bits per heavy atom. The highest BCUT2D eigenvalue weighted by atomic mass is 127. The zero-order valence-electron chi connectivity index (χ0n) is 25.9. The molecule has 2 aliphatic heterocycles. The van der Waals surface area contributed by atoms with E-state index in [4.69, 9.17) is 21.1 Å². The van der Waals surface area contributed by atoms with Crippen LogP contribution in [0.5, 0.6) is 5.75 Å². The SMILES string of the molecule is COc1ccc([Si](C)(C)[C@H]2[C@H](CCn3cc(CCO)nn3)O[C@@]3(C(=O)N(Cc4ccc(I)cc4)c4ccc(Cl)cc43)[C@@H]2C)cc1. The van der Waals surface area contributed by atoms with Crippen molar-refractivity contribution in [3.8, 4) is 5.75 Å². The zero-order chi connectivity index (χ0) is 31.9. The van der Waals surface area contributed by atoms with Gasteiger partial charge in [-0.3, -0.25) is 9.48 Å². The van der Waals surface area contributed by atoms with E-state index in [1.807, 2.05) is 46.1 Å². The van der Waals surface area contributed by atoms with Crippen LogP contribution in [-0.2, 0) is 34.6 Å². The first-order valence-electron chi connectivity index (χ1n) is 15.3. The topological polar surface area (TPSA) is 89.7 Å². The Labute approximate surface area is 283 Å². The molecule has 0 saturated carbocycles. The molecule has 2 aliphatic rings. The quantitative estimate of drug-likeness (QED) is 0.160. The third-order valence-electron chi connectivity index (χ3n) is 9.65. The minimum absolute atomic E-state index is 0.0248. The number of anilines is 1. The van der Waals surface area contributed by atoms with E-state index >= 15 is 0 Å². The Bertz CT molecular complexity index is 1680. The lowest BCUT2D eigenvalue weighted by atomic mass is 9.82. The van der Waals surface area contributed by atoms with E-state index in [2.05, 4.69) is 89.3 Å². The summed E-state index contributed by atoms with van der Waals surface area (Å²) in [5.41, 5.74) is 2.43. The average molecular weight is 757 g/mol. The van der Waals surface area contributed by atoms with Gasteiger partial charge < -0.3 is 19.5 Å². The van der Waals surface area contributed by atoms with Crippen molar-refractivity contribution < 1.29 is 19.4 Å². The van der Waals surface area contributed by atoms with Crippen molar-refractivity contribution in [2.24, 2.45) is 5.92 Å². The highest BCUT2D eigenvalue weighted by molar-refractivity contribution is 14.1. The van der Waals surface area contributed by atoms with Crippen LogP contribution in [0.3, 0.4) is 0 Å². The molecule has 4 aromatic rings. The highest BCUT2D eigenvalue weighted by Crippen LogP contribution is 2.60. The molecule has 1 N–H and O–H groups in total. The molecule has 4 atom stereocenters. The second kappa shape index (κ2) is 12.8. The van der Waals surface area contributed by atoms with Crippen molar-refractivity contribution in [1.29, 1.82) is 0 Å². The number of hydrogen-bond acceptors (Lipinski definition) is 6. The summed E-state index contributed by atoms with van der Waals surface area (Å²) in [6.45, 7) is 8.00. The Morgan fingerprint density at radius 3 is 2.53 bits per heavy atom. The number of carbonyl (C=O) groups excluding carboxylic acids is 1. The summed E-state index contributed by atoms with van der Waals surface area (Å²) < 4.78 is 15.6. The van der Waals surface area contributed by atoms with Crippen LogP contribution in [0.15, 0.2) is 72.9 Å². The van der Waals surface area contributed by atoms with Gasteiger partial charge in [-0.2, -0.15) is 0 Å². The minimum Gasteiger partial charge on any atom is -0.497 e. The summed E-state index contributed by atoms with van der Waals surface area (Å²) >= 11 is 8.93. The molecule has 6 rings (SSSR count). The van der Waals surface area contributed by atoms with Crippen LogP contribution in [0, 0.1) is 9.49 Å². The number of aliphatic hydroxyl groups is 1. The van der Waals surface area contributed by atoms with Crippen LogP contribution >= 0.6 is 34.2 Å². The average Bonchev–Trinajstić information content (AvgIpc) is 3.67. The molecule has 45 heavy (non-hydrogen) atoms. The van der Waals surface area contributed by atoms with E-state index in [-0.39, 0.29) is 30.1 Å². The number of hydrogen-bond donors (Lipinski definition) is 1. The number of carbonyl (C=O) groups is 1. The van der Waals surface area contributed by atoms with Gasteiger partial charge in [-0.25, -0.2) is 0 Å². The van der Waals surface area contributed by atoms with Gasteiger partial charge in [0.2, 0.25) is 0 Å². The van der Waals surface area contributed by atoms with Gasteiger partial charge in [0.1, 0.15) is 5.75 Å². The molecule has 3 aromatic carbocycles. The standard InChI is InChI=1S/C34H38ClIN4O4Si/c1-22-32(45(3,4)28-12-10-27(43-2)11-13-28)31(15-17-39-21-26(16-18-41)37-38-39)44-34(22)29-19-24(35)7-14-30(29)40(33(34)42)20-23-5-8-25(36)9-6-23/h5-14,19,21-22,31-32,41H,15-18,20H2,1-4H3/t22-,31+,32-,34+/m1/s1. The van der Waals surface area contributed by atoms with Crippen molar-refractivity contribution in [3.63, 3.8) is 0 Å². The summed E-state index contributed by atoms with van der Waals surface area (Å²) in [7, 11) is -0.601. The first-order valence-corrected chi connectivity index (χ1v) is 19.8. The maximum absolute atomic E-state index is 14.9. The van der Waals surface area contributed by atoms with Crippen LogP contribution in [0.1, 0.15) is 30.2 Å². The van der Waals surface area contributed by atoms with E-state index in [0.29, 0.717) is 31.0 Å². The van der Waals surface area contributed by atoms with Crippen LogP contribution in [0.2, 0.25) is 23.7 Å². The number of benzene rings is 3. The first kappa shape index (κ1) is 32.2. The second-order valence-corrected chi connectivity index (χ2v) is 18.9. The Morgan fingerprint density at radius 1 is 1.11 bits per heavy atom. The molecule has 0 bridgehead atoms. The molecule has 3 heterocycles. The lowest BCUT2D eigenvalue weighted by Gasteiger charge is -2.37. The number of aromatic nitrogens is 3. The van der Waals surface area contributed by atoms with E-state index < -0.39 is 13.7 Å². The summed E-state index contributed by atoms with van der Waals surface area (Å²) in [6.07, 6.45) is 2.78. The predicted molar refractivity (Wildman–Crippen MR) is 187 cm³/mol. The molecule has 0 unspecified atom stereocenters. The van der Waals surface area contributed by atoms with Gasteiger partial charge in [0.25, 0.3) is 5.91 Å². The number of aliphatic hydroxyl groups excluding tert-OH is 1. The maximum atomic E-state index is 14.9. The number of methoxy groups -OCH3 is 1. The lowest BCUT2D eigenvalue weighted by molar-refractivity contribution is -0.146. The number of rotatable bonds is 10. The molecule has 0 aliphatic carbocycles. The molecule has 1 fully saturated rings. The Hall–Kier alpha value is -2.77. The normalized spacial score (nSPS) is 22.8. The molecule has 0 radical (unpaired) electrons. The molecule has 1 saturated heterocycles. The van der Waals surface area contributed by atoms with Crippen molar-refractivity contribution in [3.05, 3.63) is 98.3 Å². The fraction of sp³-hybridized carbons (Fsp3) is 0.382. The summed E-state index contributed by atoms with van der Waals surface area (Å²) in [5.74, 6) is 0.653. The van der Waals surface area contributed by atoms with Crippen molar-refractivity contribution >= 4 is 59.0 Å². The number of amides is 1. The largest absolute Gasteiger partial charge is 0.497 e. The van der Waals surface area contributed by atoms with Gasteiger partial charge >= 0.3 is 0 Å². The van der Waals surface area contributed by atoms with Crippen molar-refractivity contribution in [2.45, 2.75) is 63.2 Å². The van der Waals surface area contributed by atoms with E-state index in [1.165, 1.54) is 5.19 Å². The second-order valence-electron chi connectivity index (χ2n) is 12.6. The molecule has 8 nitrogen and oxygen atoms in total. The number of halogens is 2. The molecular formula is C34H38ClIN4O4Si. The van der Waals surface area contributed by atoms with Crippen LogP contribution in [-0.4, -0.2) is 53.9 Å². The highest BCUT2D eigenvalue weighted by Gasteiger charge is 2.66. The number of fused-ring (bicyclic) bond motifs is 2. The van der Waals surface area contributed by atoms with Gasteiger partial charge in [0.05, 0.1) is 39.2 Å². The lowest BCUT2D eigenvalue weighted by Crippen LogP contribution is -2.51. The third kappa shape index (κ3) is 5.84. The Kier molecular flexibility index (Phi) is 9.14.